The van der Waals surface area contributed by atoms with Gasteiger partial charge in [-0.25, -0.2) is 9.69 Å². The Morgan fingerprint density at radius 3 is 2.67 bits per heavy atom. The molecular formula is C17H15N3O3S. The number of thiophene rings is 1. The topological polar surface area (TPSA) is 78.5 Å². The molecule has 0 atom stereocenters. The molecule has 0 radical (unpaired) electrons. The number of carbonyl (C=O) groups excluding carboxylic acids is 3. The molecule has 6 nitrogen and oxygen atoms in total. The minimum Gasteiger partial charge on any atom is -0.325 e. The van der Waals surface area contributed by atoms with Crippen molar-refractivity contribution in [2.45, 2.75) is 6.92 Å². The SMILES string of the molecule is Cc1ccc(NC(=O)CN2C(=O)N/C(=C/c3cccs3)C2=O)cc1. The first-order chi connectivity index (χ1) is 11.5. The highest BCUT2D eigenvalue weighted by Gasteiger charge is 2.34. The summed E-state index contributed by atoms with van der Waals surface area (Å²) in [6.07, 6.45) is 1.60. The number of carbonyl (C=O) groups is 3. The molecule has 1 saturated heterocycles. The lowest BCUT2D eigenvalue weighted by Crippen LogP contribution is -2.38. The Morgan fingerprint density at radius 2 is 2.00 bits per heavy atom. The number of urea groups is 1. The molecule has 24 heavy (non-hydrogen) atoms. The molecule has 1 fully saturated rings. The van der Waals surface area contributed by atoms with Crippen LogP contribution in [0.1, 0.15) is 10.4 Å². The number of nitrogens with one attached hydrogen (secondary N) is 2. The predicted molar refractivity (Wildman–Crippen MR) is 92.3 cm³/mol. The zero-order chi connectivity index (χ0) is 17.1. The van der Waals surface area contributed by atoms with Crippen LogP contribution in [0.3, 0.4) is 0 Å². The fourth-order valence-electron chi connectivity index (χ4n) is 2.21. The van der Waals surface area contributed by atoms with Gasteiger partial charge in [-0.15, -0.1) is 11.3 Å². The van der Waals surface area contributed by atoms with E-state index < -0.39 is 17.8 Å². The van der Waals surface area contributed by atoms with Crippen LogP contribution in [0.15, 0.2) is 47.5 Å². The van der Waals surface area contributed by atoms with Crippen molar-refractivity contribution in [3.05, 3.63) is 57.9 Å². The Balaban J connectivity index is 1.66. The first-order valence-electron chi connectivity index (χ1n) is 7.27. The van der Waals surface area contributed by atoms with Gasteiger partial charge in [0.05, 0.1) is 0 Å². The normalized spacial score (nSPS) is 15.7. The molecule has 0 spiro atoms. The molecule has 1 aromatic heterocycles. The lowest BCUT2D eigenvalue weighted by molar-refractivity contribution is -0.127. The van der Waals surface area contributed by atoms with Crippen molar-refractivity contribution in [3.63, 3.8) is 0 Å². The third-order valence-corrected chi connectivity index (χ3v) is 4.25. The van der Waals surface area contributed by atoms with E-state index in [2.05, 4.69) is 10.6 Å². The van der Waals surface area contributed by atoms with E-state index in [1.807, 2.05) is 36.6 Å². The summed E-state index contributed by atoms with van der Waals surface area (Å²) in [5.74, 6) is -0.938. The molecule has 0 unspecified atom stereocenters. The summed E-state index contributed by atoms with van der Waals surface area (Å²) in [5.41, 5.74) is 1.86. The van der Waals surface area contributed by atoms with Crippen LogP contribution in [0.2, 0.25) is 0 Å². The summed E-state index contributed by atoms with van der Waals surface area (Å²) in [4.78, 5) is 38.0. The lowest BCUT2D eigenvalue weighted by atomic mass is 10.2. The molecule has 1 aliphatic rings. The summed E-state index contributed by atoms with van der Waals surface area (Å²) in [5, 5.41) is 7.04. The number of hydrogen-bond acceptors (Lipinski definition) is 4. The van der Waals surface area contributed by atoms with Gasteiger partial charge in [-0.05, 0) is 36.6 Å². The quantitative estimate of drug-likeness (QED) is 0.663. The van der Waals surface area contributed by atoms with Gasteiger partial charge >= 0.3 is 6.03 Å². The highest BCUT2D eigenvalue weighted by molar-refractivity contribution is 7.10. The molecule has 0 bridgehead atoms. The van der Waals surface area contributed by atoms with Gasteiger partial charge in [-0.1, -0.05) is 23.8 Å². The molecular weight excluding hydrogens is 326 g/mol. The Kier molecular flexibility index (Phi) is 4.43. The number of imide groups is 1. The Hall–Kier alpha value is -2.93. The predicted octanol–water partition coefficient (Wildman–Crippen LogP) is 2.59. The Labute approximate surface area is 142 Å². The standard InChI is InChI=1S/C17H15N3O3S/c1-11-4-6-12(7-5-11)18-15(21)10-20-16(22)14(19-17(20)23)9-13-3-2-8-24-13/h2-9H,10H2,1H3,(H,18,21)(H,19,23)/b14-9+. The molecule has 7 heteroatoms. The zero-order valence-electron chi connectivity index (χ0n) is 12.9. The van der Waals surface area contributed by atoms with Crippen LogP contribution in [0.5, 0.6) is 0 Å². The van der Waals surface area contributed by atoms with Crippen molar-refractivity contribution in [2.24, 2.45) is 0 Å². The fraction of sp³-hybridized carbons (Fsp3) is 0.118. The first-order valence-corrected chi connectivity index (χ1v) is 8.15. The average molecular weight is 341 g/mol. The fourth-order valence-corrected chi connectivity index (χ4v) is 2.87. The van der Waals surface area contributed by atoms with Crippen LogP contribution in [0, 0.1) is 6.92 Å². The van der Waals surface area contributed by atoms with Gasteiger partial charge in [0.25, 0.3) is 5.91 Å². The molecule has 122 valence electrons. The second-order valence-corrected chi connectivity index (χ2v) is 6.29. The number of benzene rings is 1. The van der Waals surface area contributed by atoms with E-state index in [9.17, 15) is 14.4 Å². The molecule has 1 aromatic carbocycles. The number of rotatable bonds is 4. The maximum atomic E-state index is 12.3. The van der Waals surface area contributed by atoms with Crippen molar-refractivity contribution in [3.8, 4) is 0 Å². The van der Waals surface area contributed by atoms with Crippen molar-refractivity contribution in [1.29, 1.82) is 0 Å². The second-order valence-electron chi connectivity index (χ2n) is 5.31. The smallest absolute Gasteiger partial charge is 0.325 e. The third-order valence-electron chi connectivity index (χ3n) is 3.43. The maximum Gasteiger partial charge on any atom is 0.329 e. The van der Waals surface area contributed by atoms with E-state index in [1.54, 1.807) is 18.2 Å². The van der Waals surface area contributed by atoms with E-state index >= 15 is 0 Å². The van der Waals surface area contributed by atoms with Gasteiger partial charge < -0.3 is 10.6 Å². The second kappa shape index (κ2) is 6.67. The summed E-state index contributed by atoms with van der Waals surface area (Å²) in [6.45, 7) is 1.61. The molecule has 4 amide bonds. The summed E-state index contributed by atoms with van der Waals surface area (Å²) in [7, 11) is 0. The first kappa shape index (κ1) is 15.9. The lowest BCUT2D eigenvalue weighted by Gasteiger charge is -2.12. The molecule has 2 aromatic rings. The van der Waals surface area contributed by atoms with E-state index in [0.29, 0.717) is 5.69 Å². The minimum atomic E-state index is -0.595. The van der Waals surface area contributed by atoms with E-state index in [1.165, 1.54) is 11.3 Å². The van der Waals surface area contributed by atoms with Gasteiger partial charge in [0, 0.05) is 10.6 Å². The van der Waals surface area contributed by atoms with Crippen LogP contribution in [-0.4, -0.2) is 29.3 Å². The van der Waals surface area contributed by atoms with E-state index in [4.69, 9.17) is 0 Å². The molecule has 0 aliphatic carbocycles. The molecule has 2 N–H and O–H groups in total. The van der Waals surface area contributed by atoms with Gasteiger partial charge in [0.2, 0.25) is 5.91 Å². The Morgan fingerprint density at radius 1 is 1.25 bits per heavy atom. The summed E-state index contributed by atoms with van der Waals surface area (Å²) < 4.78 is 0. The van der Waals surface area contributed by atoms with Crippen LogP contribution in [-0.2, 0) is 9.59 Å². The molecule has 0 saturated carbocycles. The molecule has 2 heterocycles. The average Bonchev–Trinajstić information content (AvgIpc) is 3.14. The largest absolute Gasteiger partial charge is 0.329 e. The van der Waals surface area contributed by atoms with Gasteiger partial charge in [0.15, 0.2) is 0 Å². The third kappa shape index (κ3) is 3.52. The zero-order valence-corrected chi connectivity index (χ0v) is 13.7. The summed E-state index contributed by atoms with van der Waals surface area (Å²) in [6, 6.07) is 10.4. The van der Waals surface area contributed by atoms with Crippen LogP contribution < -0.4 is 10.6 Å². The molecule has 1 aliphatic heterocycles. The number of amides is 4. The minimum absolute atomic E-state index is 0.172. The van der Waals surface area contributed by atoms with Crippen LogP contribution in [0.4, 0.5) is 10.5 Å². The number of anilines is 1. The summed E-state index contributed by atoms with van der Waals surface area (Å²) >= 11 is 1.45. The maximum absolute atomic E-state index is 12.3. The van der Waals surface area contributed by atoms with Crippen LogP contribution in [0.25, 0.3) is 6.08 Å². The van der Waals surface area contributed by atoms with E-state index in [-0.39, 0.29) is 12.2 Å². The monoisotopic (exact) mass is 341 g/mol. The van der Waals surface area contributed by atoms with Crippen molar-refractivity contribution >= 4 is 40.9 Å². The molecule has 3 rings (SSSR count). The van der Waals surface area contributed by atoms with Crippen LogP contribution >= 0.6 is 11.3 Å². The number of hydrogen-bond donors (Lipinski definition) is 2. The number of aryl methyl sites for hydroxylation is 1. The van der Waals surface area contributed by atoms with Crippen molar-refractivity contribution < 1.29 is 14.4 Å². The highest BCUT2D eigenvalue weighted by Crippen LogP contribution is 2.17. The van der Waals surface area contributed by atoms with E-state index in [0.717, 1.165) is 15.3 Å². The van der Waals surface area contributed by atoms with Gasteiger partial charge in [-0.3, -0.25) is 9.59 Å². The highest BCUT2D eigenvalue weighted by atomic mass is 32.1. The van der Waals surface area contributed by atoms with Crippen molar-refractivity contribution in [2.75, 3.05) is 11.9 Å². The number of nitrogens with zero attached hydrogens (tertiary/aromatic N) is 1. The Bertz CT molecular complexity index is 810. The van der Waals surface area contributed by atoms with Crippen molar-refractivity contribution in [1.82, 2.24) is 10.2 Å². The van der Waals surface area contributed by atoms with Gasteiger partial charge in [0.1, 0.15) is 12.2 Å². The van der Waals surface area contributed by atoms with Gasteiger partial charge in [-0.2, -0.15) is 0 Å².